The summed E-state index contributed by atoms with van der Waals surface area (Å²) in [7, 11) is 0. The molecule has 108 valence electrons. The van der Waals surface area contributed by atoms with E-state index in [0.717, 1.165) is 17.6 Å². The molecule has 0 heterocycles. The molecule has 0 saturated heterocycles. The predicted molar refractivity (Wildman–Crippen MR) is 85.5 cm³/mol. The topological polar surface area (TPSA) is 40.5 Å². The summed E-state index contributed by atoms with van der Waals surface area (Å²) < 4.78 is 0. The number of hydrogen-bond acceptors (Lipinski definition) is 2. The van der Waals surface area contributed by atoms with E-state index in [9.17, 15) is 10.2 Å². The van der Waals surface area contributed by atoms with Crippen molar-refractivity contribution in [2.45, 2.75) is 32.8 Å². The van der Waals surface area contributed by atoms with Crippen molar-refractivity contribution in [3.8, 4) is 5.75 Å². The Kier molecular flexibility index (Phi) is 5.78. The highest BCUT2D eigenvalue weighted by atomic mass is 16.3. The van der Waals surface area contributed by atoms with Gasteiger partial charge < -0.3 is 10.2 Å². The van der Waals surface area contributed by atoms with Crippen LogP contribution in [0.3, 0.4) is 0 Å². The summed E-state index contributed by atoms with van der Waals surface area (Å²) in [5.41, 5.74) is 1.64. The molecule has 20 heavy (non-hydrogen) atoms. The Morgan fingerprint density at radius 1 is 1.35 bits per heavy atom. The van der Waals surface area contributed by atoms with Crippen molar-refractivity contribution in [1.82, 2.24) is 0 Å². The molecule has 0 aromatic heterocycles. The number of aliphatic hydroxyl groups excluding tert-OH is 1. The SMILES string of the molecule is C=CC(C)(/C=C/c1ccc(O)cc1)CCC(O)C(=C)C. The standard InChI is InChI=1S/C18H24O2/c1-5-18(4,13-11-17(20)14(2)3)12-10-15-6-8-16(19)9-7-15/h5-10,12,17,19-20H,1-2,11,13H2,3-4H3/b12-10+. The summed E-state index contributed by atoms with van der Waals surface area (Å²) in [6, 6.07) is 7.04. The van der Waals surface area contributed by atoms with E-state index in [-0.39, 0.29) is 11.2 Å². The first-order chi connectivity index (χ1) is 9.36. The highest BCUT2D eigenvalue weighted by Gasteiger charge is 2.18. The minimum absolute atomic E-state index is 0.172. The molecule has 2 nitrogen and oxygen atoms in total. The molecule has 0 radical (unpaired) electrons. The zero-order chi connectivity index (χ0) is 15.2. The molecule has 0 aliphatic heterocycles. The second kappa shape index (κ2) is 7.11. The number of hydrogen-bond donors (Lipinski definition) is 2. The van der Waals surface area contributed by atoms with E-state index in [2.05, 4.69) is 26.2 Å². The third-order valence-corrected chi connectivity index (χ3v) is 3.54. The minimum Gasteiger partial charge on any atom is -0.508 e. The van der Waals surface area contributed by atoms with E-state index in [1.54, 1.807) is 12.1 Å². The number of aliphatic hydroxyl groups is 1. The third-order valence-electron chi connectivity index (χ3n) is 3.54. The molecule has 2 N–H and O–H groups in total. The average Bonchev–Trinajstić information content (AvgIpc) is 2.44. The van der Waals surface area contributed by atoms with Crippen molar-refractivity contribution >= 4 is 6.08 Å². The van der Waals surface area contributed by atoms with Crippen LogP contribution in [0.25, 0.3) is 6.08 Å². The predicted octanol–water partition coefficient (Wildman–Crippen LogP) is 4.31. The lowest BCUT2D eigenvalue weighted by molar-refractivity contribution is 0.187. The number of aromatic hydroxyl groups is 1. The van der Waals surface area contributed by atoms with E-state index in [4.69, 9.17) is 0 Å². The van der Waals surface area contributed by atoms with E-state index >= 15 is 0 Å². The molecule has 1 aromatic rings. The first-order valence-electron chi connectivity index (χ1n) is 6.81. The van der Waals surface area contributed by atoms with Gasteiger partial charge in [0.05, 0.1) is 6.10 Å². The summed E-state index contributed by atoms with van der Waals surface area (Å²) in [5.74, 6) is 0.262. The molecule has 0 saturated carbocycles. The van der Waals surface area contributed by atoms with Crippen LogP contribution in [-0.4, -0.2) is 16.3 Å². The summed E-state index contributed by atoms with van der Waals surface area (Å²) in [6.07, 6.45) is 6.99. The summed E-state index contributed by atoms with van der Waals surface area (Å²) in [5, 5.41) is 19.1. The maximum atomic E-state index is 9.82. The first kappa shape index (κ1) is 16.3. The number of rotatable bonds is 7. The fraction of sp³-hybridized carbons (Fsp3) is 0.333. The van der Waals surface area contributed by atoms with Crippen molar-refractivity contribution in [1.29, 1.82) is 0 Å². The summed E-state index contributed by atoms with van der Waals surface area (Å²) >= 11 is 0. The van der Waals surface area contributed by atoms with Crippen LogP contribution in [0, 0.1) is 5.41 Å². The van der Waals surface area contributed by atoms with Gasteiger partial charge in [-0.05, 0) is 37.5 Å². The normalized spacial score (nSPS) is 15.8. The Hall–Kier alpha value is -1.80. The van der Waals surface area contributed by atoms with Crippen LogP contribution in [0.5, 0.6) is 5.75 Å². The second-order valence-corrected chi connectivity index (χ2v) is 5.54. The fourth-order valence-corrected chi connectivity index (χ4v) is 1.82. The lowest BCUT2D eigenvalue weighted by Crippen LogP contribution is -2.15. The summed E-state index contributed by atoms with van der Waals surface area (Å²) in [6.45, 7) is 11.6. The number of benzene rings is 1. The maximum Gasteiger partial charge on any atom is 0.115 e. The van der Waals surface area contributed by atoms with E-state index < -0.39 is 6.10 Å². The molecule has 1 aromatic carbocycles. The molecule has 0 aliphatic carbocycles. The highest BCUT2D eigenvalue weighted by Crippen LogP contribution is 2.29. The van der Waals surface area contributed by atoms with Crippen molar-refractivity contribution in [3.05, 3.63) is 60.7 Å². The van der Waals surface area contributed by atoms with Gasteiger partial charge in [0.1, 0.15) is 5.75 Å². The van der Waals surface area contributed by atoms with Gasteiger partial charge in [0, 0.05) is 5.41 Å². The molecule has 0 fully saturated rings. The molecule has 2 heteroatoms. The van der Waals surface area contributed by atoms with Crippen molar-refractivity contribution < 1.29 is 10.2 Å². The Morgan fingerprint density at radius 2 is 1.95 bits per heavy atom. The van der Waals surface area contributed by atoms with Gasteiger partial charge >= 0.3 is 0 Å². The van der Waals surface area contributed by atoms with Crippen LogP contribution in [0.2, 0.25) is 0 Å². The molecule has 0 amide bonds. The molecular weight excluding hydrogens is 248 g/mol. The largest absolute Gasteiger partial charge is 0.508 e. The Balaban J connectivity index is 2.71. The molecular formula is C18H24O2. The number of allylic oxidation sites excluding steroid dienone is 2. The van der Waals surface area contributed by atoms with Crippen LogP contribution < -0.4 is 0 Å². The molecule has 2 atom stereocenters. The second-order valence-electron chi connectivity index (χ2n) is 5.54. The quantitative estimate of drug-likeness (QED) is 0.726. The van der Waals surface area contributed by atoms with E-state index in [1.165, 1.54) is 0 Å². The minimum atomic E-state index is -0.462. The van der Waals surface area contributed by atoms with Crippen molar-refractivity contribution in [2.75, 3.05) is 0 Å². The highest BCUT2D eigenvalue weighted by molar-refractivity contribution is 5.51. The Labute approximate surface area is 121 Å². The summed E-state index contributed by atoms with van der Waals surface area (Å²) in [4.78, 5) is 0. The van der Waals surface area contributed by atoms with Crippen LogP contribution >= 0.6 is 0 Å². The first-order valence-corrected chi connectivity index (χ1v) is 6.81. The molecule has 1 rings (SSSR count). The van der Waals surface area contributed by atoms with Crippen LogP contribution in [0.4, 0.5) is 0 Å². The van der Waals surface area contributed by atoms with Gasteiger partial charge in [-0.2, -0.15) is 0 Å². The zero-order valence-corrected chi connectivity index (χ0v) is 12.3. The van der Waals surface area contributed by atoms with Gasteiger partial charge in [-0.1, -0.05) is 49.4 Å². The lowest BCUT2D eigenvalue weighted by atomic mass is 9.83. The molecule has 2 unspecified atom stereocenters. The van der Waals surface area contributed by atoms with Crippen LogP contribution in [0.1, 0.15) is 32.3 Å². The Bertz CT molecular complexity index is 485. The lowest BCUT2D eigenvalue weighted by Gasteiger charge is -2.23. The zero-order valence-electron chi connectivity index (χ0n) is 12.3. The molecule has 0 bridgehead atoms. The van der Waals surface area contributed by atoms with E-state index in [1.807, 2.05) is 31.2 Å². The average molecular weight is 272 g/mol. The van der Waals surface area contributed by atoms with Gasteiger partial charge in [-0.25, -0.2) is 0 Å². The van der Waals surface area contributed by atoms with Gasteiger partial charge in [0.25, 0.3) is 0 Å². The van der Waals surface area contributed by atoms with Gasteiger partial charge in [0.15, 0.2) is 0 Å². The fourth-order valence-electron chi connectivity index (χ4n) is 1.82. The van der Waals surface area contributed by atoms with Crippen molar-refractivity contribution in [3.63, 3.8) is 0 Å². The molecule has 0 aliphatic rings. The van der Waals surface area contributed by atoms with Crippen molar-refractivity contribution in [2.24, 2.45) is 5.41 Å². The monoisotopic (exact) mass is 272 g/mol. The van der Waals surface area contributed by atoms with Crippen LogP contribution in [-0.2, 0) is 0 Å². The van der Waals surface area contributed by atoms with Gasteiger partial charge in [-0.3, -0.25) is 0 Å². The van der Waals surface area contributed by atoms with Crippen LogP contribution in [0.15, 0.2) is 55.1 Å². The number of phenols is 1. The Morgan fingerprint density at radius 3 is 2.45 bits per heavy atom. The number of phenolic OH excluding ortho intramolecular Hbond substituents is 1. The smallest absolute Gasteiger partial charge is 0.115 e. The van der Waals surface area contributed by atoms with E-state index in [0.29, 0.717) is 6.42 Å². The molecule has 0 spiro atoms. The maximum absolute atomic E-state index is 9.82. The third kappa shape index (κ3) is 5.06. The van der Waals surface area contributed by atoms with Gasteiger partial charge in [-0.15, -0.1) is 6.58 Å². The van der Waals surface area contributed by atoms with Gasteiger partial charge in [0.2, 0.25) is 0 Å².